The number of ketones is 1. The van der Waals surface area contributed by atoms with E-state index in [4.69, 9.17) is 0 Å². The Morgan fingerprint density at radius 2 is 1.71 bits per heavy atom. The van der Waals surface area contributed by atoms with E-state index in [1.165, 1.54) is 0 Å². The zero-order chi connectivity index (χ0) is 15.4. The first-order valence-corrected chi connectivity index (χ1v) is 8.39. The van der Waals surface area contributed by atoms with Crippen molar-refractivity contribution in [3.05, 3.63) is 70.8 Å². The monoisotopic (exact) mass is 300 g/mol. The molecule has 0 aliphatic rings. The molecule has 0 bridgehead atoms. The molecule has 2 rings (SSSR count). The topological polar surface area (TPSA) is 34.1 Å². The first-order valence-electron chi connectivity index (χ1n) is 7.01. The average molecular weight is 300 g/mol. The molecule has 21 heavy (non-hydrogen) atoms. The van der Waals surface area contributed by atoms with Gasteiger partial charge in [-0.25, -0.2) is 0 Å². The molecule has 110 valence electrons. The smallest absolute Gasteiger partial charge is 0.178 e. The van der Waals surface area contributed by atoms with Crippen molar-refractivity contribution in [3.63, 3.8) is 0 Å². The van der Waals surface area contributed by atoms with Gasteiger partial charge in [0, 0.05) is 22.1 Å². The molecular weight excluding hydrogens is 280 g/mol. The van der Waals surface area contributed by atoms with Crippen molar-refractivity contribution in [2.45, 2.75) is 31.8 Å². The highest BCUT2D eigenvalue weighted by molar-refractivity contribution is 7.85. The van der Waals surface area contributed by atoms with Crippen molar-refractivity contribution >= 4 is 16.6 Å². The zero-order valence-electron chi connectivity index (χ0n) is 12.6. The second kappa shape index (κ2) is 6.81. The van der Waals surface area contributed by atoms with E-state index in [2.05, 4.69) is 0 Å². The molecule has 0 spiro atoms. The van der Waals surface area contributed by atoms with Crippen molar-refractivity contribution in [1.82, 2.24) is 0 Å². The van der Waals surface area contributed by atoms with Gasteiger partial charge >= 0.3 is 0 Å². The number of rotatable bonds is 5. The van der Waals surface area contributed by atoms with Crippen LogP contribution in [0.3, 0.4) is 0 Å². The molecule has 0 aromatic heterocycles. The fourth-order valence-electron chi connectivity index (χ4n) is 2.16. The number of benzene rings is 2. The van der Waals surface area contributed by atoms with Gasteiger partial charge in [-0.1, -0.05) is 59.7 Å². The van der Waals surface area contributed by atoms with Gasteiger partial charge in [-0.2, -0.15) is 0 Å². The van der Waals surface area contributed by atoms with Gasteiger partial charge in [0.15, 0.2) is 5.78 Å². The Hall–Kier alpha value is -1.74. The van der Waals surface area contributed by atoms with Crippen molar-refractivity contribution in [3.8, 4) is 0 Å². The molecule has 0 heterocycles. The Labute approximate surface area is 128 Å². The summed E-state index contributed by atoms with van der Waals surface area (Å²) >= 11 is 0. The fourth-order valence-corrected chi connectivity index (χ4v) is 3.30. The van der Waals surface area contributed by atoms with E-state index in [0.717, 1.165) is 16.7 Å². The summed E-state index contributed by atoms with van der Waals surface area (Å²) in [6.45, 7) is 5.73. The molecule has 0 N–H and O–H groups in total. The Kier molecular flexibility index (Phi) is 5.07. The van der Waals surface area contributed by atoms with Crippen molar-refractivity contribution in [2.24, 2.45) is 0 Å². The highest BCUT2D eigenvalue weighted by Gasteiger charge is 2.21. The number of aryl methyl sites for hydroxylation is 2. The zero-order valence-corrected chi connectivity index (χ0v) is 13.4. The van der Waals surface area contributed by atoms with Gasteiger partial charge < -0.3 is 0 Å². The summed E-state index contributed by atoms with van der Waals surface area (Å²) in [5.41, 5.74) is 3.89. The van der Waals surface area contributed by atoms with Crippen LogP contribution in [0.1, 0.15) is 34.0 Å². The molecule has 0 aliphatic carbocycles. The van der Waals surface area contributed by atoms with Crippen LogP contribution >= 0.6 is 0 Å². The lowest BCUT2D eigenvalue weighted by atomic mass is 10.1. The summed E-state index contributed by atoms with van der Waals surface area (Å²) in [5.74, 6) is 0.362. The Balaban J connectivity index is 2.08. The SMILES string of the molecule is Cc1ccc(C(=O)C(C)S(=O)Cc2cccc(C)c2)cc1. The van der Waals surface area contributed by atoms with Gasteiger partial charge in [-0.3, -0.25) is 9.00 Å². The molecule has 2 atom stereocenters. The van der Waals surface area contributed by atoms with Crippen LogP contribution in [0.15, 0.2) is 48.5 Å². The quantitative estimate of drug-likeness (QED) is 0.787. The molecule has 3 heteroatoms. The third kappa shape index (κ3) is 4.11. The van der Waals surface area contributed by atoms with E-state index in [1.807, 2.05) is 50.2 Å². The van der Waals surface area contributed by atoms with Gasteiger partial charge in [0.1, 0.15) is 0 Å². The molecule has 2 unspecified atom stereocenters. The molecule has 0 radical (unpaired) electrons. The minimum Gasteiger partial charge on any atom is -0.293 e. The van der Waals surface area contributed by atoms with Gasteiger partial charge in [-0.05, 0) is 26.3 Å². The summed E-state index contributed by atoms with van der Waals surface area (Å²) in [5, 5.41) is -0.492. The van der Waals surface area contributed by atoms with Crippen molar-refractivity contribution in [2.75, 3.05) is 0 Å². The molecule has 2 aromatic rings. The van der Waals surface area contributed by atoms with E-state index in [9.17, 15) is 9.00 Å². The lowest BCUT2D eigenvalue weighted by Gasteiger charge is -2.11. The predicted octanol–water partition coefficient (Wildman–Crippen LogP) is 3.82. The fraction of sp³-hybridized carbons (Fsp3) is 0.278. The van der Waals surface area contributed by atoms with Crippen LogP contribution in [-0.2, 0) is 16.6 Å². The third-order valence-electron chi connectivity index (χ3n) is 3.49. The summed E-state index contributed by atoms with van der Waals surface area (Å²) in [6.07, 6.45) is 0. The molecule has 0 amide bonds. The second-order valence-electron chi connectivity index (χ2n) is 5.39. The van der Waals surface area contributed by atoms with E-state index in [1.54, 1.807) is 19.1 Å². The number of hydrogen-bond donors (Lipinski definition) is 0. The Morgan fingerprint density at radius 1 is 1.05 bits per heavy atom. The summed E-state index contributed by atoms with van der Waals surface area (Å²) in [6, 6.07) is 15.3. The minimum absolute atomic E-state index is 0.0546. The predicted molar refractivity (Wildman–Crippen MR) is 88.0 cm³/mol. The van der Waals surface area contributed by atoms with E-state index in [0.29, 0.717) is 11.3 Å². The highest BCUT2D eigenvalue weighted by Crippen LogP contribution is 2.14. The normalized spacial score (nSPS) is 13.7. The Bertz CT molecular complexity index is 659. The lowest BCUT2D eigenvalue weighted by molar-refractivity contribution is 0.0992. The van der Waals surface area contributed by atoms with Crippen molar-refractivity contribution < 1.29 is 9.00 Å². The van der Waals surface area contributed by atoms with E-state index >= 15 is 0 Å². The number of carbonyl (C=O) groups excluding carboxylic acids is 1. The number of hydrogen-bond acceptors (Lipinski definition) is 2. The molecule has 2 nitrogen and oxygen atoms in total. The first kappa shape index (κ1) is 15.6. The summed E-state index contributed by atoms with van der Waals surface area (Å²) in [7, 11) is -1.21. The largest absolute Gasteiger partial charge is 0.293 e. The molecule has 0 fully saturated rings. The molecule has 0 saturated heterocycles. The van der Waals surface area contributed by atoms with Crippen LogP contribution in [0.2, 0.25) is 0 Å². The van der Waals surface area contributed by atoms with Crippen molar-refractivity contribution in [1.29, 1.82) is 0 Å². The van der Waals surface area contributed by atoms with Crippen LogP contribution in [0, 0.1) is 13.8 Å². The van der Waals surface area contributed by atoms with Crippen LogP contribution in [0.4, 0.5) is 0 Å². The van der Waals surface area contributed by atoms with Crippen LogP contribution in [-0.4, -0.2) is 15.2 Å². The maximum absolute atomic E-state index is 12.4. The van der Waals surface area contributed by atoms with Crippen LogP contribution < -0.4 is 0 Å². The van der Waals surface area contributed by atoms with Crippen LogP contribution in [0.5, 0.6) is 0 Å². The van der Waals surface area contributed by atoms with Gasteiger partial charge in [0.2, 0.25) is 0 Å². The molecular formula is C18H20O2S. The van der Waals surface area contributed by atoms with Gasteiger partial charge in [0.05, 0.1) is 5.25 Å². The molecule has 2 aromatic carbocycles. The maximum atomic E-state index is 12.4. The average Bonchev–Trinajstić information content (AvgIpc) is 2.46. The minimum atomic E-state index is -1.21. The number of Topliss-reactive ketones (excluding diaryl/α,β-unsaturated/α-hetero) is 1. The second-order valence-corrected chi connectivity index (χ2v) is 7.14. The first-order chi connectivity index (χ1) is 9.97. The van der Waals surface area contributed by atoms with Crippen LogP contribution in [0.25, 0.3) is 0 Å². The summed E-state index contributed by atoms with van der Waals surface area (Å²) in [4.78, 5) is 12.4. The number of carbonyl (C=O) groups is 1. The molecule has 0 saturated carbocycles. The third-order valence-corrected chi connectivity index (χ3v) is 5.11. The van der Waals surface area contributed by atoms with E-state index in [-0.39, 0.29) is 5.78 Å². The Morgan fingerprint density at radius 3 is 2.33 bits per heavy atom. The standard InChI is InChI=1S/C18H20O2S/c1-13-7-9-17(10-8-13)18(19)15(3)21(20)12-16-6-4-5-14(2)11-16/h4-11,15H,12H2,1-3H3. The maximum Gasteiger partial charge on any atom is 0.178 e. The highest BCUT2D eigenvalue weighted by atomic mass is 32.2. The van der Waals surface area contributed by atoms with Gasteiger partial charge in [-0.15, -0.1) is 0 Å². The van der Waals surface area contributed by atoms with E-state index < -0.39 is 16.0 Å². The van der Waals surface area contributed by atoms with Gasteiger partial charge in [0.25, 0.3) is 0 Å². The lowest BCUT2D eigenvalue weighted by Crippen LogP contribution is -2.23. The summed E-state index contributed by atoms with van der Waals surface area (Å²) < 4.78 is 12.4. The molecule has 0 aliphatic heterocycles.